The fraction of sp³-hybridized carbons (Fsp3) is 0.294. The number of hydrogen-bond acceptors (Lipinski definition) is 1. The van der Waals surface area contributed by atoms with Gasteiger partial charge in [-0.1, -0.05) is 43.3 Å². The maximum absolute atomic E-state index is 3.42. The number of anilines is 1. The van der Waals surface area contributed by atoms with Gasteiger partial charge in [0.2, 0.25) is 0 Å². The Morgan fingerprint density at radius 3 is 2.28 bits per heavy atom. The molecule has 0 heterocycles. The molecule has 0 bridgehead atoms. The fourth-order valence-corrected chi connectivity index (χ4v) is 1.97. The second-order valence-corrected chi connectivity index (χ2v) is 4.49. The van der Waals surface area contributed by atoms with Crippen LogP contribution in [0.15, 0.2) is 48.5 Å². The van der Waals surface area contributed by atoms with Crippen molar-refractivity contribution in [3.8, 4) is 0 Å². The van der Waals surface area contributed by atoms with Crippen molar-refractivity contribution >= 4 is 5.69 Å². The molecule has 0 atom stereocenters. The van der Waals surface area contributed by atoms with Gasteiger partial charge in [0.1, 0.15) is 0 Å². The summed E-state index contributed by atoms with van der Waals surface area (Å²) in [6.45, 7) is 3.20. The van der Waals surface area contributed by atoms with Crippen LogP contribution in [-0.4, -0.2) is 6.54 Å². The van der Waals surface area contributed by atoms with Crippen molar-refractivity contribution in [1.82, 2.24) is 0 Å². The van der Waals surface area contributed by atoms with Gasteiger partial charge >= 0.3 is 0 Å². The van der Waals surface area contributed by atoms with Crippen LogP contribution in [0.5, 0.6) is 0 Å². The van der Waals surface area contributed by atoms with Gasteiger partial charge in [0.15, 0.2) is 0 Å². The molecule has 2 aromatic rings. The molecule has 0 fully saturated rings. The van der Waals surface area contributed by atoms with Crippen molar-refractivity contribution in [2.75, 3.05) is 11.9 Å². The lowest BCUT2D eigenvalue weighted by atomic mass is 10.1. The molecule has 0 aliphatic carbocycles. The molecule has 0 aliphatic heterocycles. The smallest absolute Gasteiger partial charge is 0.0340 e. The normalized spacial score (nSPS) is 10.3. The van der Waals surface area contributed by atoms with E-state index in [0.717, 1.165) is 25.8 Å². The van der Waals surface area contributed by atoms with Gasteiger partial charge in [-0.3, -0.25) is 0 Å². The standard InChI is InChI=1S/C17H20N/c1-2-15-10-12-16(13-11-15)7-6-14-18-17-8-4-3-5-9-17/h4-5,8-13,18H,2,6-7,14H2,1H3. The summed E-state index contributed by atoms with van der Waals surface area (Å²) in [5.41, 5.74) is 4.02. The molecule has 0 saturated carbocycles. The fourth-order valence-electron chi connectivity index (χ4n) is 1.97. The molecule has 1 nitrogen and oxygen atoms in total. The van der Waals surface area contributed by atoms with Crippen molar-refractivity contribution in [1.29, 1.82) is 0 Å². The van der Waals surface area contributed by atoms with Crippen LogP contribution in [0, 0.1) is 6.07 Å². The first-order valence-corrected chi connectivity index (χ1v) is 6.66. The third-order valence-corrected chi connectivity index (χ3v) is 3.12. The quantitative estimate of drug-likeness (QED) is 0.747. The molecule has 0 aliphatic rings. The van der Waals surface area contributed by atoms with Crippen molar-refractivity contribution in [2.45, 2.75) is 26.2 Å². The first kappa shape index (κ1) is 12.7. The van der Waals surface area contributed by atoms with E-state index in [-0.39, 0.29) is 0 Å². The second kappa shape index (κ2) is 6.85. The van der Waals surface area contributed by atoms with E-state index in [9.17, 15) is 0 Å². The van der Waals surface area contributed by atoms with E-state index in [4.69, 9.17) is 0 Å². The summed E-state index contributed by atoms with van der Waals surface area (Å²) in [6, 6.07) is 20.0. The molecule has 0 saturated heterocycles. The summed E-state index contributed by atoms with van der Waals surface area (Å²) >= 11 is 0. The van der Waals surface area contributed by atoms with Crippen LogP contribution < -0.4 is 5.32 Å². The van der Waals surface area contributed by atoms with E-state index in [1.165, 1.54) is 16.8 Å². The Morgan fingerprint density at radius 1 is 0.944 bits per heavy atom. The van der Waals surface area contributed by atoms with Gasteiger partial charge in [-0.15, -0.1) is 0 Å². The second-order valence-electron chi connectivity index (χ2n) is 4.49. The summed E-state index contributed by atoms with van der Waals surface area (Å²) in [4.78, 5) is 0. The summed E-state index contributed by atoms with van der Waals surface area (Å²) in [6.07, 6.45) is 3.41. The molecule has 0 spiro atoms. The third-order valence-electron chi connectivity index (χ3n) is 3.12. The van der Waals surface area contributed by atoms with Crippen molar-refractivity contribution in [2.24, 2.45) is 0 Å². The zero-order valence-corrected chi connectivity index (χ0v) is 10.9. The number of aryl methyl sites for hydroxylation is 2. The highest BCUT2D eigenvalue weighted by molar-refractivity contribution is 5.41. The van der Waals surface area contributed by atoms with E-state index in [2.05, 4.69) is 54.7 Å². The van der Waals surface area contributed by atoms with Gasteiger partial charge in [-0.05, 0) is 48.6 Å². The van der Waals surface area contributed by atoms with Crippen molar-refractivity contribution < 1.29 is 0 Å². The summed E-state index contributed by atoms with van der Waals surface area (Å²) in [5.74, 6) is 0. The lowest BCUT2D eigenvalue weighted by molar-refractivity contribution is 0.862. The molecular weight excluding hydrogens is 218 g/mol. The van der Waals surface area contributed by atoms with Crippen LogP contribution in [0.3, 0.4) is 0 Å². The minimum atomic E-state index is 1.01. The van der Waals surface area contributed by atoms with Crippen LogP contribution in [-0.2, 0) is 12.8 Å². The van der Waals surface area contributed by atoms with E-state index in [0.29, 0.717) is 0 Å². The molecule has 2 rings (SSSR count). The monoisotopic (exact) mass is 238 g/mol. The van der Waals surface area contributed by atoms with Crippen LogP contribution in [0.2, 0.25) is 0 Å². The topological polar surface area (TPSA) is 12.0 Å². The molecule has 0 amide bonds. The number of nitrogens with one attached hydrogen (secondary N) is 1. The van der Waals surface area contributed by atoms with Gasteiger partial charge in [-0.2, -0.15) is 0 Å². The summed E-state index contributed by atoms with van der Waals surface area (Å²) in [5, 5.41) is 3.42. The van der Waals surface area contributed by atoms with E-state index < -0.39 is 0 Å². The Morgan fingerprint density at radius 2 is 1.61 bits per heavy atom. The highest BCUT2D eigenvalue weighted by atomic mass is 14.9. The molecule has 18 heavy (non-hydrogen) atoms. The average Bonchev–Trinajstić information content (AvgIpc) is 2.45. The predicted molar refractivity (Wildman–Crippen MR) is 77.9 cm³/mol. The number of rotatable bonds is 6. The highest BCUT2D eigenvalue weighted by Gasteiger charge is 1.94. The van der Waals surface area contributed by atoms with Crippen LogP contribution in [0.4, 0.5) is 5.69 Å². The molecule has 1 heteroatoms. The molecule has 1 N–H and O–H groups in total. The number of hydrogen-bond donors (Lipinski definition) is 1. The molecule has 1 radical (unpaired) electrons. The summed E-state index contributed by atoms with van der Waals surface area (Å²) < 4.78 is 0. The van der Waals surface area contributed by atoms with Gasteiger partial charge in [0.25, 0.3) is 0 Å². The first-order valence-electron chi connectivity index (χ1n) is 6.66. The predicted octanol–water partition coefficient (Wildman–Crippen LogP) is 4.09. The Labute approximate surface area is 110 Å². The highest BCUT2D eigenvalue weighted by Crippen LogP contribution is 2.08. The largest absolute Gasteiger partial charge is 0.385 e. The van der Waals surface area contributed by atoms with Crippen LogP contribution in [0.1, 0.15) is 24.5 Å². The van der Waals surface area contributed by atoms with Crippen molar-refractivity contribution in [3.05, 3.63) is 65.7 Å². The van der Waals surface area contributed by atoms with E-state index >= 15 is 0 Å². The minimum absolute atomic E-state index is 1.01. The third kappa shape index (κ3) is 3.92. The molecule has 0 aromatic heterocycles. The first-order chi connectivity index (χ1) is 8.88. The Kier molecular flexibility index (Phi) is 4.83. The zero-order valence-electron chi connectivity index (χ0n) is 10.9. The number of benzene rings is 2. The maximum atomic E-state index is 3.42. The SMILES string of the molecule is CCc1ccc(CCCNc2cc[c]cc2)cc1. The van der Waals surface area contributed by atoms with Gasteiger partial charge < -0.3 is 5.32 Å². The molecular formula is C17H20N. The molecule has 2 aromatic carbocycles. The lowest BCUT2D eigenvalue weighted by Gasteiger charge is -2.06. The average molecular weight is 238 g/mol. The zero-order chi connectivity index (χ0) is 12.6. The van der Waals surface area contributed by atoms with E-state index in [1.807, 2.05) is 12.1 Å². The van der Waals surface area contributed by atoms with Gasteiger partial charge in [0, 0.05) is 12.2 Å². The summed E-state index contributed by atoms with van der Waals surface area (Å²) in [7, 11) is 0. The molecule has 93 valence electrons. The van der Waals surface area contributed by atoms with Crippen LogP contribution in [0.25, 0.3) is 0 Å². The Bertz CT molecular complexity index is 445. The van der Waals surface area contributed by atoms with Gasteiger partial charge in [-0.25, -0.2) is 0 Å². The Balaban J connectivity index is 1.72. The Hall–Kier alpha value is -1.76. The van der Waals surface area contributed by atoms with Gasteiger partial charge in [0.05, 0.1) is 0 Å². The van der Waals surface area contributed by atoms with Crippen molar-refractivity contribution in [3.63, 3.8) is 0 Å². The lowest BCUT2D eigenvalue weighted by Crippen LogP contribution is -2.02. The molecule has 0 unspecified atom stereocenters. The van der Waals surface area contributed by atoms with Crippen LogP contribution >= 0.6 is 0 Å². The van der Waals surface area contributed by atoms with E-state index in [1.54, 1.807) is 0 Å². The maximum Gasteiger partial charge on any atom is 0.0340 e. The minimum Gasteiger partial charge on any atom is -0.385 e.